The third-order valence-corrected chi connectivity index (χ3v) is 11.0. The first-order valence-electron chi connectivity index (χ1n) is 18.2. The van der Waals surface area contributed by atoms with Gasteiger partial charge < -0.3 is 4.42 Å². The fourth-order valence-electron chi connectivity index (χ4n) is 8.55. The highest BCUT2D eigenvalue weighted by molar-refractivity contribution is 6.36. The number of rotatable bonds is 4. The van der Waals surface area contributed by atoms with Crippen LogP contribution in [0.25, 0.3) is 116 Å². The maximum atomic E-state index is 6.86. The summed E-state index contributed by atoms with van der Waals surface area (Å²) in [6.45, 7) is 0. The molecular formula is C49H28N4O. The molecule has 0 unspecified atom stereocenters. The van der Waals surface area contributed by atoms with Crippen molar-refractivity contribution in [2.24, 2.45) is 0 Å². The van der Waals surface area contributed by atoms with Crippen molar-refractivity contribution in [2.45, 2.75) is 0 Å². The van der Waals surface area contributed by atoms with E-state index in [-0.39, 0.29) is 0 Å². The normalized spacial score (nSPS) is 12.1. The van der Waals surface area contributed by atoms with E-state index in [1.807, 2.05) is 18.2 Å². The third-order valence-electron chi connectivity index (χ3n) is 11.0. The van der Waals surface area contributed by atoms with Gasteiger partial charge in [-0.2, -0.15) is 9.97 Å². The summed E-state index contributed by atoms with van der Waals surface area (Å²) in [5.74, 6) is 1.75. The van der Waals surface area contributed by atoms with Gasteiger partial charge in [0.2, 0.25) is 5.95 Å². The van der Waals surface area contributed by atoms with Gasteiger partial charge in [0.05, 0.1) is 11.0 Å². The summed E-state index contributed by atoms with van der Waals surface area (Å²) in [6, 6.07) is 59.6. The Bertz CT molecular complexity index is 3440. The van der Waals surface area contributed by atoms with Crippen molar-refractivity contribution in [3.63, 3.8) is 0 Å². The molecule has 0 atom stereocenters. The molecule has 3 aromatic heterocycles. The fourth-order valence-corrected chi connectivity index (χ4v) is 8.55. The summed E-state index contributed by atoms with van der Waals surface area (Å²) in [7, 11) is 0. The Kier molecular flexibility index (Phi) is 5.99. The molecule has 0 aliphatic rings. The van der Waals surface area contributed by atoms with Crippen molar-refractivity contribution in [3.05, 3.63) is 170 Å². The summed E-state index contributed by atoms with van der Waals surface area (Å²) in [6.07, 6.45) is 0. The van der Waals surface area contributed by atoms with E-state index in [0.29, 0.717) is 17.6 Å². The molecule has 0 aliphatic heterocycles. The van der Waals surface area contributed by atoms with Crippen LogP contribution in [0.4, 0.5) is 0 Å². The Balaban J connectivity index is 1.16. The standard InChI is InChI=1S/C49H28N4O/c1-3-13-29(14-4-1)31-23-24-42-38(25-31)37-21-11-12-22-41(37)53(42)49-51-47(30-15-5-2-6-16-30)50-48(52-49)33-27-39-35-19-9-10-20-36(35)40-26-32-17-7-8-18-34(32)46-45(40)44(39)43(28-33)54-46/h1-28H. The SMILES string of the molecule is c1ccc(-c2ccc3c(c2)c2ccccc2n3-c2nc(-c3ccccc3)nc(-c3cc4oc5c6ccccc6cc6c7ccccc7c(c3)c4c65)n2)cc1. The number of aromatic nitrogens is 4. The van der Waals surface area contributed by atoms with Gasteiger partial charge in [0.1, 0.15) is 11.2 Å². The molecule has 250 valence electrons. The molecule has 0 amide bonds. The zero-order valence-electron chi connectivity index (χ0n) is 28.9. The van der Waals surface area contributed by atoms with Crippen molar-refractivity contribution in [3.8, 4) is 39.9 Å². The van der Waals surface area contributed by atoms with Gasteiger partial charge in [-0.15, -0.1) is 0 Å². The first kappa shape index (κ1) is 29.2. The third kappa shape index (κ3) is 4.18. The molecule has 9 aromatic carbocycles. The van der Waals surface area contributed by atoms with Gasteiger partial charge in [0.15, 0.2) is 11.6 Å². The minimum absolute atomic E-state index is 0.560. The van der Waals surface area contributed by atoms with E-state index >= 15 is 0 Å². The highest BCUT2D eigenvalue weighted by Crippen LogP contribution is 2.46. The Morgan fingerprint density at radius 1 is 0.370 bits per heavy atom. The monoisotopic (exact) mass is 688 g/mol. The number of fused-ring (bicyclic) bond motifs is 8. The Morgan fingerprint density at radius 2 is 0.963 bits per heavy atom. The van der Waals surface area contributed by atoms with Gasteiger partial charge in [-0.1, -0.05) is 133 Å². The first-order chi connectivity index (χ1) is 26.8. The second-order valence-electron chi connectivity index (χ2n) is 14.0. The van der Waals surface area contributed by atoms with Crippen molar-refractivity contribution >= 4 is 76.1 Å². The second-order valence-corrected chi connectivity index (χ2v) is 14.0. The molecule has 5 heteroatoms. The minimum Gasteiger partial charge on any atom is -0.455 e. The number of benzene rings is 9. The van der Waals surface area contributed by atoms with Gasteiger partial charge >= 0.3 is 0 Å². The summed E-state index contributed by atoms with van der Waals surface area (Å²) in [5.41, 5.74) is 7.92. The molecule has 0 aliphatic carbocycles. The average Bonchev–Trinajstić information content (AvgIpc) is 3.80. The van der Waals surface area contributed by atoms with E-state index in [9.17, 15) is 0 Å². The molecule has 0 fully saturated rings. The van der Waals surface area contributed by atoms with Gasteiger partial charge in [-0.25, -0.2) is 4.98 Å². The maximum absolute atomic E-state index is 6.86. The predicted molar refractivity (Wildman–Crippen MR) is 221 cm³/mol. The van der Waals surface area contributed by atoms with Crippen LogP contribution in [0.15, 0.2) is 174 Å². The fraction of sp³-hybridized carbons (Fsp3) is 0. The molecule has 0 radical (unpaired) electrons. The Hall–Kier alpha value is -7.37. The van der Waals surface area contributed by atoms with Gasteiger partial charge in [0, 0.05) is 38.1 Å². The van der Waals surface area contributed by atoms with Crippen LogP contribution in [0.3, 0.4) is 0 Å². The summed E-state index contributed by atoms with van der Waals surface area (Å²) >= 11 is 0. The molecule has 0 saturated carbocycles. The summed E-state index contributed by atoms with van der Waals surface area (Å²) < 4.78 is 9.04. The van der Waals surface area contributed by atoms with Crippen molar-refractivity contribution in [1.29, 1.82) is 0 Å². The Labute approximate surface area is 308 Å². The molecule has 12 rings (SSSR count). The average molecular weight is 689 g/mol. The lowest BCUT2D eigenvalue weighted by Crippen LogP contribution is -2.06. The Morgan fingerprint density at radius 3 is 1.74 bits per heavy atom. The lowest BCUT2D eigenvalue weighted by atomic mass is 9.91. The van der Waals surface area contributed by atoms with E-state index in [0.717, 1.165) is 76.6 Å². The molecule has 0 saturated heterocycles. The lowest BCUT2D eigenvalue weighted by molar-refractivity contribution is 0.673. The number of hydrogen-bond acceptors (Lipinski definition) is 4. The van der Waals surface area contributed by atoms with Gasteiger partial charge in [-0.05, 0) is 74.5 Å². The molecule has 0 bridgehead atoms. The van der Waals surface area contributed by atoms with Crippen LogP contribution >= 0.6 is 0 Å². The lowest BCUT2D eigenvalue weighted by Gasteiger charge is -2.12. The van der Waals surface area contributed by atoms with E-state index in [1.54, 1.807) is 0 Å². The second kappa shape index (κ2) is 11.1. The number of nitrogens with zero attached hydrogens (tertiary/aromatic N) is 4. The topological polar surface area (TPSA) is 56.7 Å². The highest BCUT2D eigenvalue weighted by Gasteiger charge is 2.23. The van der Waals surface area contributed by atoms with Crippen LogP contribution in [0.5, 0.6) is 0 Å². The predicted octanol–water partition coefficient (Wildman–Crippen LogP) is 12.8. The van der Waals surface area contributed by atoms with Crippen LogP contribution in [0.1, 0.15) is 0 Å². The molecular weight excluding hydrogens is 661 g/mol. The molecule has 54 heavy (non-hydrogen) atoms. The van der Waals surface area contributed by atoms with Crippen LogP contribution in [0, 0.1) is 0 Å². The zero-order valence-corrected chi connectivity index (χ0v) is 28.9. The van der Waals surface area contributed by atoms with Crippen LogP contribution in [-0.4, -0.2) is 19.5 Å². The van der Waals surface area contributed by atoms with Crippen molar-refractivity contribution in [2.75, 3.05) is 0 Å². The first-order valence-corrected chi connectivity index (χ1v) is 18.2. The van der Waals surface area contributed by atoms with E-state index < -0.39 is 0 Å². The van der Waals surface area contributed by atoms with E-state index in [2.05, 4.69) is 156 Å². The van der Waals surface area contributed by atoms with Crippen LogP contribution in [-0.2, 0) is 0 Å². The molecule has 0 N–H and O–H groups in total. The summed E-state index contributed by atoms with van der Waals surface area (Å²) in [4.78, 5) is 15.7. The quantitative estimate of drug-likeness (QED) is 0.136. The molecule has 3 heterocycles. The highest BCUT2D eigenvalue weighted by atomic mass is 16.3. The number of hydrogen-bond donors (Lipinski definition) is 0. The van der Waals surface area contributed by atoms with Gasteiger partial charge in [0.25, 0.3) is 0 Å². The number of para-hydroxylation sites is 1. The van der Waals surface area contributed by atoms with E-state index in [4.69, 9.17) is 19.4 Å². The van der Waals surface area contributed by atoms with E-state index in [1.165, 1.54) is 21.7 Å². The largest absolute Gasteiger partial charge is 0.455 e. The van der Waals surface area contributed by atoms with Crippen molar-refractivity contribution < 1.29 is 4.42 Å². The summed E-state index contributed by atoms with van der Waals surface area (Å²) in [5, 5.41) is 11.5. The van der Waals surface area contributed by atoms with Crippen LogP contribution < -0.4 is 0 Å². The zero-order chi connectivity index (χ0) is 35.3. The molecule has 5 nitrogen and oxygen atoms in total. The number of furan rings is 1. The smallest absolute Gasteiger partial charge is 0.238 e. The minimum atomic E-state index is 0.560. The van der Waals surface area contributed by atoms with Crippen LogP contribution in [0.2, 0.25) is 0 Å². The maximum Gasteiger partial charge on any atom is 0.238 e. The van der Waals surface area contributed by atoms with Crippen molar-refractivity contribution in [1.82, 2.24) is 19.5 Å². The molecule has 0 spiro atoms. The van der Waals surface area contributed by atoms with Gasteiger partial charge in [-0.3, -0.25) is 4.57 Å². The molecule has 12 aromatic rings.